The molecule has 86 valence electrons. The summed E-state index contributed by atoms with van der Waals surface area (Å²) in [5, 5.41) is 17.2. The third-order valence-electron chi connectivity index (χ3n) is 2.51. The molecule has 0 bridgehead atoms. The van der Waals surface area contributed by atoms with E-state index < -0.39 is 0 Å². The molecule has 7 heteroatoms. The van der Waals surface area contributed by atoms with Gasteiger partial charge in [-0.05, 0) is 23.4 Å². The molecule has 0 atom stereocenters. The average Bonchev–Trinajstić information content (AvgIpc) is 2.87. The van der Waals surface area contributed by atoms with Crippen LogP contribution in [0.15, 0.2) is 24.4 Å². The fraction of sp³-hybridized carbons (Fsp3) is 0.200. The number of hydrogen-bond donors (Lipinski definition) is 1. The molecule has 3 rings (SSSR count). The Morgan fingerprint density at radius 3 is 3.00 bits per heavy atom. The van der Waals surface area contributed by atoms with Crippen LogP contribution in [0.4, 0.5) is 5.69 Å². The zero-order chi connectivity index (χ0) is 11.8. The first-order chi connectivity index (χ1) is 8.22. The van der Waals surface area contributed by atoms with E-state index in [1.54, 1.807) is 13.2 Å². The number of nitrogen functional groups attached to an aromatic ring is 1. The second-order valence-corrected chi connectivity index (χ2v) is 3.82. The highest BCUT2D eigenvalue weighted by Crippen LogP contribution is 2.17. The van der Waals surface area contributed by atoms with E-state index in [1.807, 2.05) is 22.9 Å². The molecule has 0 saturated carbocycles. The number of tetrazole rings is 1. The first kappa shape index (κ1) is 9.76. The van der Waals surface area contributed by atoms with Crippen molar-refractivity contribution in [3.63, 3.8) is 0 Å². The van der Waals surface area contributed by atoms with E-state index >= 15 is 0 Å². The summed E-state index contributed by atoms with van der Waals surface area (Å²) in [6.45, 7) is 0.487. The molecular weight excluding hydrogens is 218 g/mol. The second kappa shape index (κ2) is 3.55. The summed E-state index contributed by atoms with van der Waals surface area (Å²) < 4.78 is 1.81. The number of hydrogen-bond acceptors (Lipinski definition) is 5. The molecule has 2 heterocycles. The predicted molar refractivity (Wildman–Crippen MR) is 62.0 cm³/mol. The van der Waals surface area contributed by atoms with Crippen molar-refractivity contribution in [3.05, 3.63) is 30.2 Å². The topological polar surface area (TPSA) is 87.4 Å². The summed E-state index contributed by atoms with van der Waals surface area (Å²) in [6, 6.07) is 5.69. The number of nitrogens with zero attached hydrogens (tertiary/aromatic N) is 6. The van der Waals surface area contributed by atoms with E-state index in [1.165, 1.54) is 4.80 Å². The Hall–Kier alpha value is -2.44. The fourth-order valence-electron chi connectivity index (χ4n) is 1.73. The van der Waals surface area contributed by atoms with Crippen molar-refractivity contribution in [3.8, 4) is 0 Å². The standard InChI is InChI=1S/C10H11N7/c1-16-14-10(13-15-16)6-17-9-4-8(11)3-2-7(9)5-12-17/h2-5H,6,11H2,1H3. The minimum atomic E-state index is 0.487. The van der Waals surface area contributed by atoms with E-state index in [0.29, 0.717) is 18.1 Å². The molecule has 3 aromatic rings. The van der Waals surface area contributed by atoms with Crippen molar-refractivity contribution in [2.75, 3.05) is 5.73 Å². The smallest absolute Gasteiger partial charge is 0.196 e. The Balaban J connectivity index is 2.03. The van der Waals surface area contributed by atoms with Gasteiger partial charge >= 0.3 is 0 Å². The molecule has 0 radical (unpaired) electrons. The molecule has 0 amide bonds. The Kier molecular flexibility index (Phi) is 2.04. The molecule has 2 aromatic heterocycles. The van der Waals surface area contributed by atoms with Crippen molar-refractivity contribution < 1.29 is 0 Å². The molecule has 0 spiro atoms. The maximum atomic E-state index is 5.76. The summed E-state index contributed by atoms with van der Waals surface area (Å²) in [5.74, 6) is 0.625. The summed E-state index contributed by atoms with van der Waals surface area (Å²) in [4.78, 5) is 1.43. The Morgan fingerprint density at radius 2 is 2.24 bits per heavy atom. The number of aromatic nitrogens is 6. The number of nitrogens with two attached hydrogens (primary N) is 1. The van der Waals surface area contributed by atoms with Gasteiger partial charge in [0.25, 0.3) is 0 Å². The van der Waals surface area contributed by atoms with Crippen molar-refractivity contribution in [2.45, 2.75) is 6.54 Å². The number of rotatable bonds is 2. The lowest BCUT2D eigenvalue weighted by Crippen LogP contribution is -2.04. The Labute approximate surface area is 96.8 Å². The molecule has 0 unspecified atom stereocenters. The van der Waals surface area contributed by atoms with E-state index in [9.17, 15) is 0 Å². The van der Waals surface area contributed by atoms with Gasteiger partial charge in [-0.25, -0.2) is 0 Å². The molecule has 0 fully saturated rings. The summed E-state index contributed by atoms with van der Waals surface area (Å²) >= 11 is 0. The van der Waals surface area contributed by atoms with Crippen molar-refractivity contribution >= 4 is 16.6 Å². The van der Waals surface area contributed by atoms with Gasteiger partial charge in [-0.1, -0.05) is 0 Å². The molecule has 7 nitrogen and oxygen atoms in total. The minimum absolute atomic E-state index is 0.487. The molecule has 0 saturated heterocycles. The number of fused-ring (bicyclic) bond motifs is 1. The predicted octanol–water partition coefficient (Wildman–Crippen LogP) is 0.190. The van der Waals surface area contributed by atoms with Crippen molar-refractivity contribution in [1.82, 2.24) is 30.0 Å². The van der Waals surface area contributed by atoms with Crippen LogP contribution in [0.3, 0.4) is 0 Å². The van der Waals surface area contributed by atoms with Crippen LogP contribution in [0.1, 0.15) is 5.82 Å². The lowest BCUT2D eigenvalue weighted by Gasteiger charge is -2.00. The van der Waals surface area contributed by atoms with Crippen LogP contribution in [-0.4, -0.2) is 30.0 Å². The highest BCUT2D eigenvalue weighted by Gasteiger charge is 2.06. The van der Waals surface area contributed by atoms with E-state index in [4.69, 9.17) is 5.73 Å². The highest BCUT2D eigenvalue weighted by molar-refractivity contribution is 5.81. The van der Waals surface area contributed by atoms with Gasteiger partial charge in [0.1, 0.15) is 6.54 Å². The van der Waals surface area contributed by atoms with Gasteiger partial charge in [-0.2, -0.15) is 9.90 Å². The summed E-state index contributed by atoms with van der Waals surface area (Å²) in [5.41, 5.74) is 7.44. The van der Waals surface area contributed by atoms with Gasteiger partial charge in [0, 0.05) is 11.1 Å². The van der Waals surface area contributed by atoms with Crippen LogP contribution < -0.4 is 5.73 Å². The fourth-order valence-corrected chi connectivity index (χ4v) is 1.73. The van der Waals surface area contributed by atoms with Crippen LogP contribution in [0.5, 0.6) is 0 Å². The van der Waals surface area contributed by atoms with Gasteiger partial charge in [-0.15, -0.1) is 10.2 Å². The molecule has 0 aliphatic heterocycles. The quantitative estimate of drug-likeness (QED) is 0.634. The molecule has 2 N–H and O–H groups in total. The largest absolute Gasteiger partial charge is 0.399 e. The molecular formula is C10H11N7. The van der Waals surface area contributed by atoms with Gasteiger partial charge in [0.15, 0.2) is 5.82 Å². The molecule has 1 aromatic carbocycles. The number of aryl methyl sites for hydroxylation is 1. The zero-order valence-electron chi connectivity index (χ0n) is 9.28. The van der Waals surface area contributed by atoms with Gasteiger partial charge in [0.05, 0.1) is 18.8 Å². The normalized spacial score (nSPS) is 11.1. The van der Waals surface area contributed by atoms with Crippen LogP contribution >= 0.6 is 0 Å². The lowest BCUT2D eigenvalue weighted by molar-refractivity contribution is 0.621. The summed E-state index contributed by atoms with van der Waals surface area (Å²) in [6.07, 6.45) is 1.80. The van der Waals surface area contributed by atoms with Crippen LogP contribution in [0.25, 0.3) is 10.9 Å². The first-order valence-electron chi connectivity index (χ1n) is 5.16. The van der Waals surface area contributed by atoms with Gasteiger partial charge < -0.3 is 5.73 Å². The number of benzene rings is 1. The molecule has 0 aliphatic carbocycles. The second-order valence-electron chi connectivity index (χ2n) is 3.82. The maximum Gasteiger partial charge on any atom is 0.196 e. The Morgan fingerprint density at radius 1 is 1.35 bits per heavy atom. The van der Waals surface area contributed by atoms with Crippen LogP contribution in [0.2, 0.25) is 0 Å². The maximum absolute atomic E-state index is 5.76. The van der Waals surface area contributed by atoms with Gasteiger partial charge in [0.2, 0.25) is 0 Å². The van der Waals surface area contributed by atoms with E-state index in [0.717, 1.165) is 10.9 Å². The van der Waals surface area contributed by atoms with Crippen molar-refractivity contribution in [2.24, 2.45) is 7.05 Å². The highest BCUT2D eigenvalue weighted by atomic mass is 15.6. The Bertz CT molecular complexity index is 666. The monoisotopic (exact) mass is 229 g/mol. The third kappa shape index (κ3) is 1.71. The van der Waals surface area contributed by atoms with E-state index in [2.05, 4.69) is 20.5 Å². The van der Waals surface area contributed by atoms with E-state index in [-0.39, 0.29) is 0 Å². The third-order valence-corrected chi connectivity index (χ3v) is 2.51. The van der Waals surface area contributed by atoms with Crippen LogP contribution in [-0.2, 0) is 13.6 Å². The minimum Gasteiger partial charge on any atom is -0.399 e. The summed E-state index contributed by atoms with van der Waals surface area (Å²) in [7, 11) is 1.73. The average molecular weight is 229 g/mol. The number of anilines is 1. The van der Waals surface area contributed by atoms with Gasteiger partial charge in [-0.3, -0.25) is 4.68 Å². The zero-order valence-corrected chi connectivity index (χ0v) is 9.28. The van der Waals surface area contributed by atoms with Crippen LogP contribution in [0, 0.1) is 0 Å². The molecule has 17 heavy (non-hydrogen) atoms. The first-order valence-corrected chi connectivity index (χ1v) is 5.16. The van der Waals surface area contributed by atoms with Crippen molar-refractivity contribution in [1.29, 1.82) is 0 Å². The molecule has 0 aliphatic rings. The SMILES string of the molecule is Cn1nnc(Cn2ncc3ccc(N)cc32)n1. The lowest BCUT2D eigenvalue weighted by atomic mass is 10.2.